The van der Waals surface area contributed by atoms with Crippen LogP contribution in [0.2, 0.25) is 0 Å². The summed E-state index contributed by atoms with van der Waals surface area (Å²) in [6.45, 7) is 7.93. The maximum atomic E-state index is 9.28. The van der Waals surface area contributed by atoms with E-state index < -0.39 is 0 Å². The molecule has 1 aromatic rings. The fourth-order valence-electron chi connectivity index (χ4n) is 2.97. The van der Waals surface area contributed by atoms with Gasteiger partial charge in [-0.3, -0.25) is 0 Å². The average Bonchev–Trinajstić information content (AvgIpc) is 2.60. The van der Waals surface area contributed by atoms with Gasteiger partial charge in [0.1, 0.15) is 0 Å². The Hall–Kier alpha value is -1.06. The van der Waals surface area contributed by atoms with Crippen LogP contribution in [-0.4, -0.2) is 42.7 Å². The van der Waals surface area contributed by atoms with Crippen molar-refractivity contribution in [2.24, 2.45) is 0 Å². The van der Waals surface area contributed by atoms with Gasteiger partial charge >= 0.3 is 0 Å². The Morgan fingerprint density at radius 1 is 1.32 bits per heavy atom. The second-order valence-corrected chi connectivity index (χ2v) is 5.64. The second kappa shape index (κ2) is 6.40. The summed E-state index contributed by atoms with van der Waals surface area (Å²) in [5, 5.41) is 9.28. The number of likely N-dealkylation sites (N-methyl/N-ethyl adjacent to an activating group) is 1. The van der Waals surface area contributed by atoms with Crippen molar-refractivity contribution in [1.82, 2.24) is 4.90 Å². The normalized spacial score (nSPS) is 21.5. The first-order valence-electron chi connectivity index (χ1n) is 7.31. The van der Waals surface area contributed by atoms with Gasteiger partial charge in [-0.2, -0.15) is 0 Å². The summed E-state index contributed by atoms with van der Waals surface area (Å²) in [6, 6.07) is 7.03. The van der Waals surface area contributed by atoms with E-state index in [-0.39, 0.29) is 6.61 Å². The first-order valence-corrected chi connectivity index (χ1v) is 7.31. The Morgan fingerprint density at radius 2 is 2.11 bits per heavy atom. The first kappa shape index (κ1) is 14.4. The zero-order valence-corrected chi connectivity index (χ0v) is 12.4. The Kier molecular flexibility index (Phi) is 4.83. The molecule has 1 aromatic carbocycles. The third-order valence-electron chi connectivity index (χ3n) is 4.20. The Balaban J connectivity index is 2.25. The molecule has 2 rings (SSSR count). The molecular formula is C16H26N2O. The summed E-state index contributed by atoms with van der Waals surface area (Å²) in [5.74, 6) is 0. The van der Waals surface area contributed by atoms with Crippen molar-refractivity contribution in [3.63, 3.8) is 0 Å². The van der Waals surface area contributed by atoms with E-state index in [1.165, 1.54) is 30.6 Å². The Morgan fingerprint density at radius 3 is 2.74 bits per heavy atom. The quantitative estimate of drug-likeness (QED) is 0.906. The van der Waals surface area contributed by atoms with Crippen LogP contribution in [0.15, 0.2) is 18.2 Å². The van der Waals surface area contributed by atoms with E-state index in [4.69, 9.17) is 0 Å². The monoisotopic (exact) mass is 262 g/mol. The Labute approximate surface area is 116 Å². The van der Waals surface area contributed by atoms with Gasteiger partial charge in [-0.1, -0.05) is 13.0 Å². The SMILES string of the molecule is CCC1CN(C)CCCN1c1ccc(CO)c(C)c1. The van der Waals surface area contributed by atoms with Crippen molar-refractivity contribution in [2.45, 2.75) is 39.3 Å². The van der Waals surface area contributed by atoms with E-state index in [2.05, 4.69) is 48.9 Å². The van der Waals surface area contributed by atoms with Gasteiger partial charge in [0.15, 0.2) is 0 Å². The van der Waals surface area contributed by atoms with Crippen molar-refractivity contribution >= 4 is 5.69 Å². The number of benzene rings is 1. The summed E-state index contributed by atoms with van der Waals surface area (Å²) < 4.78 is 0. The predicted octanol–water partition coefficient (Wildman–Crippen LogP) is 2.41. The molecule has 1 atom stereocenters. The lowest BCUT2D eigenvalue weighted by molar-refractivity contribution is 0.281. The van der Waals surface area contributed by atoms with Gasteiger partial charge < -0.3 is 14.9 Å². The number of hydrogen-bond acceptors (Lipinski definition) is 3. The van der Waals surface area contributed by atoms with Crippen LogP contribution in [0, 0.1) is 6.92 Å². The molecule has 0 aliphatic carbocycles. The molecule has 1 unspecified atom stereocenters. The average molecular weight is 262 g/mol. The lowest BCUT2D eigenvalue weighted by atomic mass is 10.1. The van der Waals surface area contributed by atoms with Crippen LogP contribution in [0.3, 0.4) is 0 Å². The molecule has 19 heavy (non-hydrogen) atoms. The second-order valence-electron chi connectivity index (χ2n) is 5.64. The van der Waals surface area contributed by atoms with E-state index in [0.29, 0.717) is 6.04 Å². The van der Waals surface area contributed by atoms with Crippen molar-refractivity contribution in [2.75, 3.05) is 31.6 Å². The van der Waals surface area contributed by atoms with Crippen LogP contribution < -0.4 is 4.90 Å². The molecule has 1 saturated heterocycles. The van der Waals surface area contributed by atoms with Crippen LogP contribution in [0.4, 0.5) is 5.69 Å². The summed E-state index contributed by atoms with van der Waals surface area (Å²) >= 11 is 0. The number of aryl methyl sites for hydroxylation is 1. The summed E-state index contributed by atoms with van der Waals surface area (Å²) in [6.07, 6.45) is 2.39. The molecule has 1 aliphatic heterocycles. The molecule has 0 bridgehead atoms. The minimum atomic E-state index is 0.131. The molecule has 3 nitrogen and oxygen atoms in total. The van der Waals surface area contributed by atoms with E-state index in [0.717, 1.165) is 18.7 Å². The molecule has 106 valence electrons. The molecule has 0 saturated carbocycles. The zero-order chi connectivity index (χ0) is 13.8. The van der Waals surface area contributed by atoms with Gasteiger partial charge in [0.05, 0.1) is 6.61 Å². The fraction of sp³-hybridized carbons (Fsp3) is 0.625. The molecule has 1 N–H and O–H groups in total. The van der Waals surface area contributed by atoms with Gasteiger partial charge in [-0.25, -0.2) is 0 Å². The third-order valence-corrected chi connectivity index (χ3v) is 4.20. The van der Waals surface area contributed by atoms with Crippen LogP contribution in [0.1, 0.15) is 30.9 Å². The van der Waals surface area contributed by atoms with Crippen molar-refractivity contribution in [1.29, 1.82) is 0 Å². The van der Waals surface area contributed by atoms with E-state index in [1.54, 1.807) is 0 Å². The first-order chi connectivity index (χ1) is 9.15. The molecule has 0 spiro atoms. The van der Waals surface area contributed by atoms with Crippen LogP contribution >= 0.6 is 0 Å². The van der Waals surface area contributed by atoms with Crippen molar-refractivity contribution < 1.29 is 5.11 Å². The molecule has 3 heteroatoms. The molecular weight excluding hydrogens is 236 g/mol. The van der Waals surface area contributed by atoms with Gasteiger partial charge in [0.25, 0.3) is 0 Å². The van der Waals surface area contributed by atoms with Gasteiger partial charge in [0.2, 0.25) is 0 Å². The van der Waals surface area contributed by atoms with Gasteiger partial charge in [-0.15, -0.1) is 0 Å². The molecule has 0 amide bonds. The standard InChI is InChI=1S/C16H26N2O/c1-4-15-11-17(3)8-5-9-18(15)16-7-6-14(12-19)13(2)10-16/h6-7,10,15,19H,4-5,8-9,11-12H2,1-3H3. The van der Waals surface area contributed by atoms with Crippen molar-refractivity contribution in [3.8, 4) is 0 Å². The highest BCUT2D eigenvalue weighted by atomic mass is 16.3. The molecule has 1 heterocycles. The predicted molar refractivity (Wildman–Crippen MR) is 80.6 cm³/mol. The smallest absolute Gasteiger partial charge is 0.0684 e. The topological polar surface area (TPSA) is 26.7 Å². The summed E-state index contributed by atoms with van der Waals surface area (Å²) in [5.41, 5.74) is 3.52. The van der Waals surface area contributed by atoms with Crippen molar-refractivity contribution in [3.05, 3.63) is 29.3 Å². The largest absolute Gasteiger partial charge is 0.392 e. The summed E-state index contributed by atoms with van der Waals surface area (Å²) in [7, 11) is 2.21. The van der Waals surface area contributed by atoms with Gasteiger partial charge in [0, 0.05) is 24.8 Å². The summed E-state index contributed by atoms with van der Waals surface area (Å²) in [4.78, 5) is 4.97. The third kappa shape index (κ3) is 3.28. The highest BCUT2D eigenvalue weighted by Gasteiger charge is 2.22. The number of hydrogen-bond donors (Lipinski definition) is 1. The van der Waals surface area contributed by atoms with Crippen LogP contribution in [0.5, 0.6) is 0 Å². The highest BCUT2D eigenvalue weighted by molar-refractivity contribution is 5.51. The van der Waals surface area contributed by atoms with E-state index in [1.807, 2.05) is 0 Å². The van der Waals surface area contributed by atoms with E-state index in [9.17, 15) is 5.11 Å². The van der Waals surface area contributed by atoms with Crippen LogP contribution in [0.25, 0.3) is 0 Å². The maximum Gasteiger partial charge on any atom is 0.0684 e. The zero-order valence-electron chi connectivity index (χ0n) is 12.4. The molecule has 0 aromatic heterocycles. The minimum absolute atomic E-state index is 0.131. The fourth-order valence-corrected chi connectivity index (χ4v) is 2.97. The Bertz CT molecular complexity index is 419. The highest BCUT2D eigenvalue weighted by Crippen LogP contribution is 2.24. The number of aliphatic hydroxyl groups is 1. The number of anilines is 1. The lowest BCUT2D eigenvalue weighted by Gasteiger charge is -2.32. The van der Waals surface area contributed by atoms with E-state index >= 15 is 0 Å². The molecule has 0 radical (unpaired) electrons. The van der Waals surface area contributed by atoms with Crippen LogP contribution in [-0.2, 0) is 6.61 Å². The minimum Gasteiger partial charge on any atom is -0.392 e. The number of nitrogens with zero attached hydrogens (tertiary/aromatic N) is 2. The number of rotatable bonds is 3. The molecule has 1 fully saturated rings. The van der Waals surface area contributed by atoms with Gasteiger partial charge in [-0.05, 0) is 56.6 Å². The number of aliphatic hydroxyl groups excluding tert-OH is 1. The lowest BCUT2D eigenvalue weighted by Crippen LogP contribution is -2.39. The maximum absolute atomic E-state index is 9.28. The molecule has 1 aliphatic rings.